The summed E-state index contributed by atoms with van der Waals surface area (Å²) in [5.74, 6) is 0.575. The topological polar surface area (TPSA) is 24.5 Å². The van der Waals surface area contributed by atoms with Crippen molar-refractivity contribution in [3.05, 3.63) is 0 Å². The average molecular weight is 216 g/mol. The van der Waals surface area contributed by atoms with Crippen LogP contribution in [0.3, 0.4) is 0 Å². The number of hydrogen-bond donors (Lipinski definition) is 1. The van der Waals surface area contributed by atoms with E-state index in [-0.39, 0.29) is 5.54 Å². The van der Waals surface area contributed by atoms with Gasteiger partial charge in [-0.25, -0.2) is 0 Å². The highest BCUT2D eigenvalue weighted by atomic mass is 16.5. The van der Waals surface area contributed by atoms with E-state index in [1.165, 1.54) is 0 Å². The lowest BCUT2D eigenvalue weighted by Gasteiger charge is -2.23. The number of ether oxygens (including phenoxy) is 1. The summed E-state index contributed by atoms with van der Waals surface area (Å²) in [5, 5.41) is 3.48. The van der Waals surface area contributed by atoms with Crippen LogP contribution in [0.4, 0.5) is 0 Å². The van der Waals surface area contributed by atoms with Crippen LogP contribution in [-0.4, -0.2) is 50.8 Å². The van der Waals surface area contributed by atoms with E-state index in [0.717, 1.165) is 26.3 Å². The van der Waals surface area contributed by atoms with Gasteiger partial charge in [0.05, 0.1) is 13.2 Å². The molecule has 1 atom stereocenters. The van der Waals surface area contributed by atoms with Crippen LogP contribution in [0.25, 0.3) is 0 Å². The SMILES string of the molecule is CC(CNC(C)(C)C)COCCN(C)C. The maximum atomic E-state index is 5.59. The molecule has 0 aromatic carbocycles. The van der Waals surface area contributed by atoms with Crippen molar-refractivity contribution in [2.24, 2.45) is 5.92 Å². The summed E-state index contributed by atoms with van der Waals surface area (Å²) < 4.78 is 5.59. The first-order valence-electron chi connectivity index (χ1n) is 5.79. The van der Waals surface area contributed by atoms with Gasteiger partial charge in [0.15, 0.2) is 0 Å². The molecule has 0 fully saturated rings. The van der Waals surface area contributed by atoms with Crippen molar-refractivity contribution in [2.75, 3.05) is 40.4 Å². The Bertz CT molecular complexity index is 152. The van der Waals surface area contributed by atoms with Crippen molar-refractivity contribution >= 4 is 0 Å². The van der Waals surface area contributed by atoms with Crippen molar-refractivity contribution < 1.29 is 4.74 Å². The molecule has 0 aliphatic rings. The van der Waals surface area contributed by atoms with Crippen molar-refractivity contribution in [1.29, 1.82) is 0 Å². The summed E-state index contributed by atoms with van der Waals surface area (Å²) in [6.07, 6.45) is 0. The van der Waals surface area contributed by atoms with Crippen LogP contribution in [-0.2, 0) is 4.74 Å². The standard InChI is InChI=1S/C12H28N2O/c1-11(9-13-12(2,3)4)10-15-8-7-14(5)6/h11,13H,7-10H2,1-6H3. The molecule has 0 heterocycles. The molecule has 1 N–H and O–H groups in total. The minimum absolute atomic E-state index is 0.206. The lowest BCUT2D eigenvalue weighted by atomic mass is 10.1. The molecule has 0 saturated carbocycles. The Morgan fingerprint density at radius 1 is 1.27 bits per heavy atom. The third-order valence-electron chi connectivity index (χ3n) is 2.07. The predicted molar refractivity (Wildman–Crippen MR) is 66.3 cm³/mol. The summed E-state index contributed by atoms with van der Waals surface area (Å²) in [5.41, 5.74) is 0.206. The Morgan fingerprint density at radius 2 is 1.87 bits per heavy atom. The van der Waals surface area contributed by atoms with Crippen molar-refractivity contribution in [3.8, 4) is 0 Å². The van der Waals surface area contributed by atoms with Crippen LogP contribution in [0.1, 0.15) is 27.7 Å². The lowest BCUT2D eigenvalue weighted by Crippen LogP contribution is -2.39. The number of likely N-dealkylation sites (N-methyl/N-ethyl adjacent to an activating group) is 1. The Labute approximate surface area is 95.2 Å². The van der Waals surface area contributed by atoms with Crippen LogP contribution in [0.15, 0.2) is 0 Å². The van der Waals surface area contributed by atoms with Crippen molar-refractivity contribution in [1.82, 2.24) is 10.2 Å². The first kappa shape index (κ1) is 14.9. The minimum atomic E-state index is 0.206. The molecule has 15 heavy (non-hydrogen) atoms. The van der Waals surface area contributed by atoms with Gasteiger partial charge in [0.1, 0.15) is 0 Å². The van der Waals surface area contributed by atoms with E-state index in [2.05, 4.69) is 52.0 Å². The Kier molecular flexibility index (Phi) is 7.14. The molecular formula is C12H28N2O. The quantitative estimate of drug-likeness (QED) is 0.654. The molecule has 0 spiro atoms. The molecule has 0 rings (SSSR count). The van der Waals surface area contributed by atoms with Crippen molar-refractivity contribution in [2.45, 2.75) is 33.2 Å². The number of hydrogen-bond acceptors (Lipinski definition) is 3. The highest BCUT2D eigenvalue weighted by Gasteiger charge is 2.10. The Morgan fingerprint density at radius 3 is 2.33 bits per heavy atom. The minimum Gasteiger partial charge on any atom is -0.380 e. The highest BCUT2D eigenvalue weighted by molar-refractivity contribution is 4.71. The molecule has 0 aliphatic heterocycles. The molecule has 0 aromatic rings. The van der Waals surface area contributed by atoms with E-state index in [9.17, 15) is 0 Å². The van der Waals surface area contributed by atoms with Crippen LogP contribution in [0, 0.1) is 5.92 Å². The van der Waals surface area contributed by atoms with Crippen LogP contribution in [0.5, 0.6) is 0 Å². The van der Waals surface area contributed by atoms with E-state index in [0.29, 0.717) is 5.92 Å². The van der Waals surface area contributed by atoms with Gasteiger partial charge in [0.2, 0.25) is 0 Å². The van der Waals surface area contributed by atoms with Gasteiger partial charge in [0, 0.05) is 18.6 Å². The lowest BCUT2D eigenvalue weighted by molar-refractivity contribution is 0.0898. The highest BCUT2D eigenvalue weighted by Crippen LogP contribution is 2.01. The molecule has 92 valence electrons. The van der Waals surface area contributed by atoms with Gasteiger partial charge >= 0.3 is 0 Å². The molecule has 0 aliphatic carbocycles. The molecule has 1 unspecified atom stereocenters. The van der Waals surface area contributed by atoms with Gasteiger partial charge in [-0.2, -0.15) is 0 Å². The molecular weight excluding hydrogens is 188 g/mol. The summed E-state index contributed by atoms with van der Waals surface area (Å²) in [7, 11) is 4.13. The van der Waals surface area contributed by atoms with Gasteiger partial charge in [-0.05, 0) is 40.8 Å². The first-order valence-corrected chi connectivity index (χ1v) is 5.79. The van der Waals surface area contributed by atoms with Gasteiger partial charge in [-0.15, -0.1) is 0 Å². The van der Waals surface area contributed by atoms with Crippen molar-refractivity contribution in [3.63, 3.8) is 0 Å². The largest absolute Gasteiger partial charge is 0.380 e. The molecule has 0 amide bonds. The molecule has 0 aromatic heterocycles. The second-order valence-electron chi connectivity index (χ2n) is 5.61. The first-order chi connectivity index (χ1) is 6.81. The number of nitrogens with zero attached hydrogens (tertiary/aromatic N) is 1. The second-order valence-corrected chi connectivity index (χ2v) is 5.61. The second kappa shape index (κ2) is 7.20. The Balaban J connectivity index is 3.38. The summed E-state index contributed by atoms with van der Waals surface area (Å²) in [6, 6.07) is 0. The smallest absolute Gasteiger partial charge is 0.0593 e. The van der Waals surface area contributed by atoms with Crippen LogP contribution < -0.4 is 5.32 Å². The Hall–Kier alpha value is -0.120. The van der Waals surface area contributed by atoms with E-state index < -0.39 is 0 Å². The monoisotopic (exact) mass is 216 g/mol. The fourth-order valence-electron chi connectivity index (χ4n) is 1.07. The molecule has 3 nitrogen and oxygen atoms in total. The fourth-order valence-corrected chi connectivity index (χ4v) is 1.07. The van der Waals surface area contributed by atoms with E-state index in [1.54, 1.807) is 0 Å². The zero-order valence-electron chi connectivity index (χ0n) is 11.3. The van der Waals surface area contributed by atoms with Gasteiger partial charge in [-0.1, -0.05) is 6.92 Å². The normalized spacial score (nSPS) is 14.6. The summed E-state index contributed by atoms with van der Waals surface area (Å²) in [6.45, 7) is 12.5. The van der Waals surface area contributed by atoms with E-state index >= 15 is 0 Å². The zero-order chi connectivity index (χ0) is 11.9. The predicted octanol–water partition coefficient (Wildman–Crippen LogP) is 1.59. The zero-order valence-corrected chi connectivity index (χ0v) is 11.3. The number of nitrogens with one attached hydrogen (secondary N) is 1. The fraction of sp³-hybridized carbons (Fsp3) is 1.00. The summed E-state index contributed by atoms with van der Waals surface area (Å²) in [4.78, 5) is 2.14. The van der Waals surface area contributed by atoms with E-state index in [4.69, 9.17) is 4.74 Å². The molecule has 3 heteroatoms. The maximum Gasteiger partial charge on any atom is 0.0593 e. The van der Waals surface area contributed by atoms with Gasteiger partial charge in [-0.3, -0.25) is 0 Å². The van der Waals surface area contributed by atoms with Gasteiger partial charge in [0.25, 0.3) is 0 Å². The molecule has 0 saturated heterocycles. The maximum absolute atomic E-state index is 5.59. The third kappa shape index (κ3) is 11.8. The summed E-state index contributed by atoms with van der Waals surface area (Å²) >= 11 is 0. The van der Waals surface area contributed by atoms with Crippen LogP contribution in [0.2, 0.25) is 0 Å². The average Bonchev–Trinajstić information content (AvgIpc) is 2.07. The molecule has 0 bridgehead atoms. The van der Waals surface area contributed by atoms with E-state index in [1.807, 2.05) is 0 Å². The number of rotatable bonds is 7. The van der Waals surface area contributed by atoms with Gasteiger partial charge < -0.3 is 15.0 Å². The third-order valence-corrected chi connectivity index (χ3v) is 2.07. The van der Waals surface area contributed by atoms with Crippen LogP contribution >= 0.6 is 0 Å². The molecule has 0 radical (unpaired) electrons.